The topological polar surface area (TPSA) is 46.9 Å². The van der Waals surface area contributed by atoms with E-state index < -0.39 is 17.5 Å². The molecule has 0 aliphatic rings. The summed E-state index contributed by atoms with van der Waals surface area (Å²) in [5, 5.41) is 7.70. The number of aryl methyl sites for hydroxylation is 1. The lowest BCUT2D eigenvalue weighted by molar-refractivity contribution is 0.103. The van der Waals surface area contributed by atoms with Crippen molar-refractivity contribution in [3.63, 3.8) is 0 Å². The maximum absolute atomic E-state index is 13.3. The molecule has 0 bridgehead atoms. The molecule has 0 unspecified atom stereocenters. The van der Waals surface area contributed by atoms with E-state index in [1.807, 2.05) is 0 Å². The van der Waals surface area contributed by atoms with Crippen molar-refractivity contribution in [2.75, 3.05) is 5.32 Å². The lowest BCUT2D eigenvalue weighted by Gasteiger charge is -2.04. The summed E-state index contributed by atoms with van der Waals surface area (Å²) >= 11 is 1.19. The van der Waals surface area contributed by atoms with Gasteiger partial charge in [-0.25, -0.2) is 17.9 Å². The molecule has 0 spiro atoms. The lowest BCUT2D eigenvalue weighted by Crippen LogP contribution is -2.10. The van der Waals surface area contributed by atoms with E-state index in [0.29, 0.717) is 16.3 Å². The normalized spacial score (nSPS) is 11.1. The summed E-state index contributed by atoms with van der Waals surface area (Å²) in [4.78, 5) is 13.6. The average Bonchev–Trinajstić information content (AvgIpc) is 3.16. The van der Waals surface area contributed by atoms with E-state index in [2.05, 4.69) is 10.4 Å². The molecule has 27 heavy (non-hydrogen) atoms. The Morgan fingerprint density at radius 3 is 2.33 bits per heavy atom. The van der Waals surface area contributed by atoms with Gasteiger partial charge in [0.05, 0.1) is 16.3 Å². The third kappa shape index (κ3) is 3.31. The van der Waals surface area contributed by atoms with Crippen LogP contribution in [0.5, 0.6) is 0 Å². The number of rotatable bonds is 3. The van der Waals surface area contributed by atoms with Gasteiger partial charge in [0.2, 0.25) is 0 Å². The summed E-state index contributed by atoms with van der Waals surface area (Å²) < 4.78 is 41.4. The van der Waals surface area contributed by atoms with Crippen LogP contribution >= 0.6 is 11.3 Å². The van der Waals surface area contributed by atoms with Crippen LogP contribution in [0.3, 0.4) is 0 Å². The number of benzene rings is 2. The van der Waals surface area contributed by atoms with Crippen LogP contribution in [0, 0.1) is 24.4 Å². The number of carbonyl (C=O) groups is 1. The second-order valence-corrected chi connectivity index (χ2v) is 6.95. The molecule has 0 aliphatic carbocycles. The molecule has 0 saturated heterocycles. The van der Waals surface area contributed by atoms with Crippen LogP contribution in [-0.4, -0.2) is 15.7 Å². The summed E-state index contributed by atoms with van der Waals surface area (Å²) in [5.41, 5.74) is 1.41. The average molecular weight is 387 g/mol. The molecule has 136 valence electrons. The van der Waals surface area contributed by atoms with E-state index in [1.54, 1.807) is 29.8 Å². The van der Waals surface area contributed by atoms with E-state index in [9.17, 15) is 18.0 Å². The molecule has 2 aromatic carbocycles. The van der Waals surface area contributed by atoms with Crippen molar-refractivity contribution < 1.29 is 18.0 Å². The molecule has 8 heteroatoms. The first kappa shape index (κ1) is 17.3. The maximum Gasteiger partial charge on any atom is 0.265 e. The Bertz CT molecular complexity index is 1140. The minimum absolute atomic E-state index is 0.0341. The van der Waals surface area contributed by atoms with Crippen molar-refractivity contribution in [3.8, 4) is 5.69 Å². The molecule has 2 heterocycles. The Morgan fingerprint density at radius 2 is 1.67 bits per heavy atom. The van der Waals surface area contributed by atoms with Gasteiger partial charge in [0, 0.05) is 17.1 Å². The van der Waals surface area contributed by atoms with Crippen LogP contribution < -0.4 is 5.32 Å². The van der Waals surface area contributed by atoms with Gasteiger partial charge in [-0.2, -0.15) is 5.10 Å². The molecule has 4 rings (SSSR count). The SMILES string of the molecule is Cc1nn(-c2ccc(F)cc2)c2sc(C(=O)Nc3cc(F)cc(F)c3)cc12. The van der Waals surface area contributed by atoms with Gasteiger partial charge in [-0.05, 0) is 49.4 Å². The predicted octanol–water partition coefficient (Wildman–Crippen LogP) is 5.07. The Hall–Kier alpha value is -3.13. The fraction of sp³-hybridized carbons (Fsp3) is 0.0526. The number of nitrogens with one attached hydrogen (secondary N) is 1. The molecule has 2 aromatic heterocycles. The van der Waals surface area contributed by atoms with Crippen molar-refractivity contribution >= 4 is 33.1 Å². The fourth-order valence-electron chi connectivity index (χ4n) is 2.74. The Kier molecular flexibility index (Phi) is 4.19. The van der Waals surface area contributed by atoms with Gasteiger partial charge in [0.1, 0.15) is 22.3 Å². The first-order valence-corrected chi connectivity index (χ1v) is 8.75. The smallest absolute Gasteiger partial charge is 0.265 e. The van der Waals surface area contributed by atoms with Crippen LogP contribution in [0.4, 0.5) is 18.9 Å². The zero-order valence-corrected chi connectivity index (χ0v) is 14.8. The predicted molar refractivity (Wildman–Crippen MR) is 98.0 cm³/mol. The van der Waals surface area contributed by atoms with Gasteiger partial charge in [-0.15, -0.1) is 11.3 Å². The van der Waals surface area contributed by atoms with Gasteiger partial charge in [-0.1, -0.05) is 0 Å². The highest BCUT2D eigenvalue weighted by molar-refractivity contribution is 7.20. The van der Waals surface area contributed by atoms with Crippen LogP contribution in [0.15, 0.2) is 48.5 Å². The summed E-state index contributed by atoms with van der Waals surface area (Å²) in [6.07, 6.45) is 0. The van der Waals surface area contributed by atoms with E-state index in [4.69, 9.17) is 0 Å². The second-order valence-electron chi connectivity index (χ2n) is 5.92. The Labute approximate surface area is 155 Å². The summed E-state index contributed by atoms with van der Waals surface area (Å²) in [6.45, 7) is 1.80. The molecule has 0 aliphatic heterocycles. The molecule has 4 nitrogen and oxygen atoms in total. The number of fused-ring (bicyclic) bond motifs is 1. The van der Waals surface area contributed by atoms with E-state index in [1.165, 1.54) is 23.5 Å². The zero-order chi connectivity index (χ0) is 19.1. The van der Waals surface area contributed by atoms with E-state index in [-0.39, 0.29) is 11.5 Å². The van der Waals surface area contributed by atoms with Crippen molar-refractivity contribution in [2.45, 2.75) is 6.92 Å². The molecular weight excluding hydrogens is 375 g/mol. The molecule has 0 radical (unpaired) electrons. The third-order valence-corrected chi connectivity index (χ3v) is 5.07. The van der Waals surface area contributed by atoms with Gasteiger partial charge in [0.25, 0.3) is 5.91 Å². The standard InChI is InChI=1S/C19H12F3N3OS/c1-10-16-9-17(18(26)23-14-7-12(21)6-13(22)8-14)27-19(16)25(24-10)15-4-2-11(20)3-5-15/h2-9H,1H3,(H,23,26). The molecular formula is C19H12F3N3OS. The van der Waals surface area contributed by atoms with E-state index >= 15 is 0 Å². The molecule has 0 saturated carbocycles. The monoisotopic (exact) mass is 387 g/mol. The molecule has 1 amide bonds. The minimum Gasteiger partial charge on any atom is -0.321 e. The number of hydrogen-bond donors (Lipinski definition) is 1. The quantitative estimate of drug-likeness (QED) is 0.534. The summed E-state index contributed by atoms with van der Waals surface area (Å²) in [6, 6.07) is 10.3. The van der Waals surface area contributed by atoms with E-state index in [0.717, 1.165) is 28.4 Å². The van der Waals surface area contributed by atoms with Crippen molar-refractivity contribution in [3.05, 3.63) is 76.6 Å². The first-order valence-electron chi connectivity index (χ1n) is 7.93. The largest absolute Gasteiger partial charge is 0.321 e. The maximum atomic E-state index is 13.3. The number of thiophene rings is 1. The van der Waals surface area contributed by atoms with Gasteiger partial charge < -0.3 is 5.32 Å². The van der Waals surface area contributed by atoms with Crippen LogP contribution in [-0.2, 0) is 0 Å². The number of amides is 1. The Morgan fingerprint density at radius 1 is 1.00 bits per heavy atom. The highest BCUT2D eigenvalue weighted by Crippen LogP contribution is 2.31. The summed E-state index contributed by atoms with van der Waals surface area (Å²) in [5.74, 6) is -2.38. The first-order chi connectivity index (χ1) is 12.9. The number of nitrogens with zero attached hydrogens (tertiary/aromatic N) is 2. The number of anilines is 1. The van der Waals surface area contributed by atoms with Crippen LogP contribution in [0.2, 0.25) is 0 Å². The number of halogens is 3. The molecule has 1 N–H and O–H groups in total. The van der Waals surface area contributed by atoms with Crippen LogP contribution in [0.25, 0.3) is 15.9 Å². The molecule has 0 atom stereocenters. The number of aromatic nitrogens is 2. The van der Waals surface area contributed by atoms with Crippen LogP contribution in [0.1, 0.15) is 15.4 Å². The van der Waals surface area contributed by atoms with Gasteiger partial charge >= 0.3 is 0 Å². The third-order valence-electron chi connectivity index (χ3n) is 3.96. The van der Waals surface area contributed by atoms with Gasteiger partial charge in [-0.3, -0.25) is 4.79 Å². The molecule has 4 aromatic rings. The minimum atomic E-state index is -0.774. The van der Waals surface area contributed by atoms with Crippen molar-refractivity contribution in [1.82, 2.24) is 9.78 Å². The van der Waals surface area contributed by atoms with Crippen molar-refractivity contribution in [2.24, 2.45) is 0 Å². The number of hydrogen-bond acceptors (Lipinski definition) is 3. The molecule has 0 fully saturated rings. The number of carbonyl (C=O) groups excluding carboxylic acids is 1. The second kappa shape index (κ2) is 6.55. The lowest BCUT2D eigenvalue weighted by atomic mass is 10.2. The highest BCUT2D eigenvalue weighted by Gasteiger charge is 2.17. The Balaban J connectivity index is 1.70. The summed E-state index contributed by atoms with van der Waals surface area (Å²) in [7, 11) is 0. The fourth-order valence-corrected chi connectivity index (χ4v) is 3.81. The van der Waals surface area contributed by atoms with Gasteiger partial charge in [0.15, 0.2) is 0 Å². The van der Waals surface area contributed by atoms with Crippen molar-refractivity contribution in [1.29, 1.82) is 0 Å². The highest BCUT2D eigenvalue weighted by atomic mass is 32.1. The zero-order valence-electron chi connectivity index (χ0n) is 14.0.